The van der Waals surface area contributed by atoms with Crippen LogP contribution in [0.25, 0.3) is 11.6 Å². The minimum Gasteiger partial charge on any atom is -0.493 e. The maximum absolute atomic E-state index is 9.44. The van der Waals surface area contributed by atoms with Crippen LogP contribution in [-0.4, -0.2) is 18.2 Å². The molecule has 122 valence electrons. The number of rotatable bonds is 5. The van der Waals surface area contributed by atoms with E-state index in [2.05, 4.69) is 11.1 Å². The Bertz CT molecular complexity index is 757. The van der Waals surface area contributed by atoms with Crippen LogP contribution in [0.1, 0.15) is 36.8 Å². The number of allylic oxidation sites excluding steroid dienone is 1. The Kier molecular flexibility index (Phi) is 5.12. The van der Waals surface area contributed by atoms with Crippen molar-refractivity contribution in [3.8, 4) is 17.6 Å². The highest BCUT2D eigenvalue weighted by molar-refractivity contribution is 5.89. The van der Waals surface area contributed by atoms with Crippen LogP contribution in [0.15, 0.2) is 42.7 Å². The summed E-state index contributed by atoms with van der Waals surface area (Å²) in [5.41, 5.74) is 2.28. The van der Waals surface area contributed by atoms with E-state index in [4.69, 9.17) is 9.47 Å². The summed E-state index contributed by atoms with van der Waals surface area (Å²) >= 11 is 0. The van der Waals surface area contributed by atoms with Crippen LogP contribution in [0, 0.1) is 11.3 Å². The molecule has 4 heteroatoms. The predicted octanol–water partition coefficient (Wildman–Crippen LogP) is 4.48. The summed E-state index contributed by atoms with van der Waals surface area (Å²) in [6.07, 6.45) is 10.1. The molecule has 1 aromatic heterocycles. The standard InChI is InChI=1S/C20H20N2O2/c1-23-19-9-8-15(12-20(19)24-18-6-2-3-7-18)11-17(13-21)16-5-4-10-22-14-16/h4-5,8-12,14,18H,2-3,6-7H2,1H3/b17-11+. The minimum absolute atomic E-state index is 0.256. The Morgan fingerprint density at radius 3 is 2.75 bits per heavy atom. The van der Waals surface area contributed by atoms with Gasteiger partial charge < -0.3 is 9.47 Å². The number of hydrogen-bond donors (Lipinski definition) is 0. The first-order chi connectivity index (χ1) is 11.8. The second kappa shape index (κ2) is 7.65. The van der Waals surface area contributed by atoms with E-state index in [9.17, 15) is 5.26 Å². The lowest BCUT2D eigenvalue weighted by Gasteiger charge is -2.16. The molecule has 2 aromatic rings. The summed E-state index contributed by atoms with van der Waals surface area (Å²) < 4.78 is 11.5. The summed E-state index contributed by atoms with van der Waals surface area (Å²) in [6, 6.07) is 11.7. The Hall–Kier alpha value is -2.80. The van der Waals surface area contributed by atoms with Crippen LogP contribution >= 0.6 is 0 Å². The summed E-state index contributed by atoms with van der Waals surface area (Å²) in [5.74, 6) is 1.46. The van der Waals surface area contributed by atoms with Crippen molar-refractivity contribution in [2.75, 3.05) is 7.11 Å². The number of aromatic nitrogens is 1. The molecule has 24 heavy (non-hydrogen) atoms. The van der Waals surface area contributed by atoms with Gasteiger partial charge in [-0.05, 0) is 55.5 Å². The maximum atomic E-state index is 9.44. The lowest BCUT2D eigenvalue weighted by Crippen LogP contribution is -2.11. The van der Waals surface area contributed by atoms with E-state index in [1.165, 1.54) is 12.8 Å². The van der Waals surface area contributed by atoms with Gasteiger partial charge in [-0.25, -0.2) is 0 Å². The first kappa shape index (κ1) is 16.1. The third kappa shape index (κ3) is 3.75. The van der Waals surface area contributed by atoms with E-state index in [0.29, 0.717) is 5.57 Å². The molecule has 0 spiro atoms. The van der Waals surface area contributed by atoms with E-state index in [1.807, 2.05) is 36.4 Å². The minimum atomic E-state index is 0.256. The van der Waals surface area contributed by atoms with Gasteiger partial charge in [0, 0.05) is 18.0 Å². The fourth-order valence-corrected chi connectivity index (χ4v) is 2.93. The molecule has 0 N–H and O–H groups in total. The predicted molar refractivity (Wildman–Crippen MR) is 93.6 cm³/mol. The molecule has 1 aliphatic rings. The van der Waals surface area contributed by atoms with Gasteiger partial charge in [-0.15, -0.1) is 0 Å². The summed E-state index contributed by atoms with van der Waals surface area (Å²) in [7, 11) is 1.64. The Morgan fingerprint density at radius 1 is 1.25 bits per heavy atom. The number of benzene rings is 1. The molecule has 0 unspecified atom stereocenters. The van der Waals surface area contributed by atoms with Crippen LogP contribution in [0.2, 0.25) is 0 Å². The van der Waals surface area contributed by atoms with Crippen molar-refractivity contribution in [1.29, 1.82) is 5.26 Å². The number of nitrogens with zero attached hydrogens (tertiary/aromatic N) is 2. The molecule has 0 aliphatic heterocycles. The van der Waals surface area contributed by atoms with Crippen molar-refractivity contribution in [3.63, 3.8) is 0 Å². The molecule has 1 aromatic carbocycles. The number of ether oxygens (including phenoxy) is 2. The lowest BCUT2D eigenvalue weighted by molar-refractivity contribution is 0.201. The molecule has 0 atom stereocenters. The quantitative estimate of drug-likeness (QED) is 0.762. The van der Waals surface area contributed by atoms with Gasteiger partial charge in [-0.2, -0.15) is 5.26 Å². The normalized spacial score (nSPS) is 15.1. The van der Waals surface area contributed by atoms with Gasteiger partial charge in [0.05, 0.1) is 24.9 Å². The van der Waals surface area contributed by atoms with E-state index < -0.39 is 0 Å². The van der Waals surface area contributed by atoms with E-state index in [0.717, 1.165) is 35.5 Å². The van der Waals surface area contributed by atoms with Crippen molar-refractivity contribution in [1.82, 2.24) is 4.98 Å². The summed E-state index contributed by atoms with van der Waals surface area (Å²) in [5, 5.41) is 9.44. The highest BCUT2D eigenvalue weighted by Gasteiger charge is 2.18. The molecule has 1 fully saturated rings. The van der Waals surface area contributed by atoms with E-state index >= 15 is 0 Å². The van der Waals surface area contributed by atoms with Gasteiger partial charge in [0.25, 0.3) is 0 Å². The first-order valence-corrected chi connectivity index (χ1v) is 8.17. The fraction of sp³-hybridized carbons (Fsp3) is 0.300. The third-order valence-corrected chi connectivity index (χ3v) is 4.19. The molecule has 0 saturated heterocycles. The molecule has 1 aliphatic carbocycles. The molecule has 0 amide bonds. The SMILES string of the molecule is COc1ccc(/C=C(\C#N)c2cccnc2)cc1OC1CCCC1. The maximum Gasteiger partial charge on any atom is 0.162 e. The monoisotopic (exact) mass is 320 g/mol. The number of nitriles is 1. The highest BCUT2D eigenvalue weighted by Crippen LogP contribution is 2.33. The molecule has 3 rings (SSSR count). The summed E-state index contributed by atoms with van der Waals surface area (Å²) in [6.45, 7) is 0. The average Bonchev–Trinajstić information content (AvgIpc) is 3.14. The van der Waals surface area contributed by atoms with Crippen LogP contribution in [0.4, 0.5) is 0 Å². The van der Waals surface area contributed by atoms with Gasteiger partial charge in [-0.3, -0.25) is 4.98 Å². The largest absolute Gasteiger partial charge is 0.493 e. The number of hydrogen-bond acceptors (Lipinski definition) is 4. The average molecular weight is 320 g/mol. The summed E-state index contributed by atoms with van der Waals surface area (Å²) in [4.78, 5) is 4.07. The smallest absolute Gasteiger partial charge is 0.162 e. The Morgan fingerprint density at radius 2 is 2.08 bits per heavy atom. The zero-order valence-electron chi connectivity index (χ0n) is 13.7. The lowest BCUT2D eigenvalue weighted by atomic mass is 10.1. The molecular weight excluding hydrogens is 300 g/mol. The van der Waals surface area contributed by atoms with Gasteiger partial charge in [0.15, 0.2) is 11.5 Å². The van der Waals surface area contributed by atoms with E-state index in [1.54, 1.807) is 19.5 Å². The van der Waals surface area contributed by atoms with Crippen molar-refractivity contribution < 1.29 is 9.47 Å². The van der Waals surface area contributed by atoms with Crippen molar-refractivity contribution in [2.24, 2.45) is 0 Å². The van der Waals surface area contributed by atoms with Crippen LogP contribution in [-0.2, 0) is 0 Å². The molecule has 1 heterocycles. The van der Waals surface area contributed by atoms with Crippen LogP contribution in [0.3, 0.4) is 0 Å². The van der Waals surface area contributed by atoms with Crippen LogP contribution < -0.4 is 9.47 Å². The zero-order chi connectivity index (χ0) is 16.8. The fourth-order valence-electron chi connectivity index (χ4n) is 2.93. The zero-order valence-corrected chi connectivity index (χ0v) is 13.7. The van der Waals surface area contributed by atoms with Crippen molar-refractivity contribution >= 4 is 11.6 Å². The van der Waals surface area contributed by atoms with Gasteiger partial charge in [0.1, 0.15) is 0 Å². The second-order valence-electron chi connectivity index (χ2n) is 5.85. The number of methoxy groups -OCH3 is 1. The van der Waals surface area contributed by atoms with Crippen molar-refractivity contribution in [3.05, 3.63) is 53.9 Å². The first-order valence-electron chi connectivity index (χ1n) is 8.17. The molecule has 4 nitrogen and oxygen atoms in total. The highest BCUT2D eigenvalue weighted by atomic mass is 16.5. The van der Waals surface area contributed by atoms with Crippen LogP contribution in [0.5, 0.6) is 11.5 Å². The second-order valence-corrected chi connectivity index (χ2v) is 5.85. The number of pyridine rings is 1. The molecular formula is C20H20N2O2. The van der Waals surface area contributed by atoms with Gasteiger partial charge >= 0.3 is 0 Å². The van der Waals surface area contributed by atoms with Crippen molar-refractivity contribution in [2.45, 2.75) is 31.8 Å². The van der Waals surface area contributed by atoms with E-state index in [-0.39, 0.29) is 6.10 Å². The topological polar surface area (TPSA) is 55.1 Å². The molecule has 1 saturated carbocycles. The third-order valence-electron chi connectivity index (χ3n) is 4.19. The Labute approximate surface area is 142 Å². The van der Waals surface area contributed by atoms with Gasteiger partial charge in [0.2, 0.25) is 0 Å². The Balaban J connectivity index is 1.90. The molecule has 0 bridgehead atoms. The van der Waals surface area contributed by atoms with Gasteiger partial charge in [-0.1, -0.05) is 12.1 Å². The molecule has 0 radical (unpaired) electrons.